The molecule has 0 saturated heterocycles. The van der Waals surface area contributed by atoms with Crippen molar-refractivity contribution in [3.8, 4) is 0 Å². The summed E-state index contributed by atoms with van der Waals surface area (Å²) in [6.45, 7) is -2.76. The van der Waals surface area contributed by atoms with Crippen LogP contribution in [0.2, 0.25) is 0 Å². The SMILES string of the molecule is [2H]c1nc(C(=O)O)c(C([2H])([2H])[2H])c([2H])c1Br. The summed E-state index contributed by atoms with van der Waals surface area (Å²) in [5.41, 5.74) is -1.44. The highest BCUT2D eigenvalue weighted by atomic mass is 79.9. The standard InChI is InChI=1S/C7H6BrNO2/c1-4-2-5(8)3-9-6(4)7(10)11/h2-3H,1H3,(H,10,11)/i1D3,2D,3D. The first-order chi connectivity index (χ1) is 7.16. The van der Waals surface area contributed by atoms with Crippen LogP contribution in [0.4, 0.5) is 0 Å². The molecule has 11 heavy (non-hydrogen) atoms. The van der Waals surface area contributed by atoms with Crippen molar-refractivity contribution in [3.63, 3.8) is 0 Å². The van der Waals surface area contributed by atoms with E-state index in [4.69, 9.17) is 12.0 Å². The molecule has 1 aromatic rings. The maximum Gasteiger partial charge on any atom is 0.354 e. The van der Waals surface area contributed by atoms with Crippen LogP contribution in [-0.4, -0.2) is 16.1 Å². The van der Waals surface area contributed by atoms with Gasteiger partial charge in [-0.1, -0.05) is 0 Å². The van der Waals surface area contributed by atoms with Gasteiger partial charge in [-0.15, -0.1) is 0 Å². The molecule has 4 heteroatoms. The van der Waals surface area contributed by atoms with E-state index in [0.29, 0.717) is 0 Å². The van der Waals surface area contributed by atoms with Crippen LogP contribution in [0.5, 0.6) is 0 Å². The summed E-state index contributed by atoms with van der Waals surface area (Å²) in [6.07, 6.45) is -0.476. The smallest absolute Gasteiger partial charge is 0.354 e. The summed E-state index contributed by atoms with van der Waals surface area (Å²) in [5, 5.41) is 8.77. The van der Waals surface area contributed by atoms with Crippen LogP contribution in [-0.2, 0) is 0 Å². The van der Waals surface area contributed by atoms with Crippen LogP contribution < -0.4 is 0 Å². The summed E-state index contributed by atoms with van der Waals surface area (Å²) in [6, 6.07) is -0.544. The van der Waals surface area contributed by atoms with E-state index in [2.05, 4.69) is 20.9 Å². The fourth-order valence-electron chi connectivity index (χ4n) is 0.513. The Hall–Kier alpha value is -0.900. The summed E-state index contributed by atoms with van der Waals surface area (Å²) in [5.74, 6) is -1.57. The Morgan fingerprint density at radius 3 is 3.27 bits per heavy atom. The van der Waals surface area contributed by atoms with Gasteiger partial charge >= 0.3 is 5.97 Å². The van der Waals surface area contributed by atoms with Gasteiger partial charge in [0.05, 0.1) is 2.74 Å². The Labute approximate surface area is 79.2 Å². The Balaban J connectivity index is 3.68. The second kappa shape index (κ2) is 3.00. The third kappa shape index (κ3) is 1.77. The fourth-order valence-corrected chi connectivity index (χ4v) is 0.799. The summed E-state index contributed by atoms with van der Waals surface area (Å²) < 4.78 is 36.1. The molecule has 0 spiro atoms. The molecule has 58 valence electrons. The number of hydrogen-bond acceptors (Lipinski definition) is 2. The van der Waals surface area contributed by atoms with E-state index in [1.54, 1.807) is 0 Å². The molecule has 0 saturated carbocycles. The number of carboxylic acids is 1. The third-order valence-electron chi connectivity index (χ3n) is 0.940. The molecule has 0 aromatic carbocycles. The second-order valence-electron chi connectivity index (χ2n) is 1.69. The van der Waals surface area contributed by atoms with Crippen LogP contribution >= 0.6 is 15.9 Å². The van der Waals surface area contributed by atoms with Crippen molar-refractivity contribution in [3.05, 3.63) is 27.9 Å². The fraction of sp³-hybridized carbons (Fsp3) is 0.143. The number of halogens is 1. The molecule has 0 aliphatic carbocycles. The molecule has 3 nitrogen and oxygen atoms in total. The summed E-state index contributed by atoms with van der Waals surface area (Å²) in [7, 11) is 0. The van der Waals surface area contributed by atoms with E-state index in [0.717, 1.165) is 0 Å². The lowest BCUT2D eigenvalue weighted by atomic mass is 10.2. The molecule has 0 aliphatic rings. The highest BCUT2D eigenvalue weighted by Crippen LogP contribution is 2.12. The van der Waals surface area contributed by atoms with Crippen molar-refractivity contribution in [2.45, 2.75) is 6.85 Å². The molecular weight excluding hydrogens is 210 g/mol. The van der Waals surface area contributed by atoms with E-state index < -0.39 is 36.3 Å². The van der Waals surface area contributed by atoms with Crippen molar-refractivity contribution in [1.82, 2.24) is 4.98 Å². The highest BCUT2D eigenvalue weighted by molar-refractivity contribution is 9.10. The van der Waals surface area contributed by atoms with Gasteiger partial charge in [0.1, 0.15) is 0 Å². The Kier molecular flexibility index (Phi) is 1.00. The van der Waals surface area contributed by atoms with E-state index in [9.17, 15) is 4.79 Å². The normalized spacial score (nSPS) is 17.4. The van der Waals surface area contributed by atoms with Gasteiger partial charge in [0.2, 0.25) is 0 Å². The van der Waals surface area contributed by atoms with Gasteiger partial charge in [-0.25, -0.2) is 9.78 Å². The topological polar surface area (TPSA) is 50.2 Å². The van der Waals surface area contributed by atoms with E-state index >= 15 is 0 Å². The van der Waals surface area contributed by atoms with Crippen LogP contribution in [0.15, 0.2) is 16.7 Å². The predicted molar refractivity (Wildman–Crippen MR) is 43.6 cm³/mol. The monoisotopic (exact) mass is 220 g/mol. The first-order valence-electron chi connectivity index (χ1n) is 5.06. The van der Waals surface area contributed by atoms with Crippen molar-refractivity contribution in [2.24, 2.45) is 0 Å². The molecule has 0 atom stereocenters. The third-order valence-corrected chi connectivity index (χ3v) is 1.32. The molecule has 0 unspecified atom stereocenters. The number of nitrogens with zero attached hydrogens (tertiary/aromatic N) is 1. The molecule has 0 amide bonds. The number of aromatic carboxylic acids is 1. The minimum Gasteiger partial charge on any atom is -0.477 e. The number of pyridine rings is 1. The molecule has 0 aliphatic heterocycles. The lowest BCUT2D eigenvalue weighted by Crippen LogP contribution is -2.02. The summed E-state index contributed by atoms with van der Waals surface area (Å²) >= 11 is 2.83. The Morgan fingerprint density at radius 2 is 2.73 bits per heavy atom. The average Bonchev–Trinajstić information content (AvgIpc) is 2.10. The molecule has 0 radical (unpaired) electrons. The zero-order valence-corrected chi connectivity index (χ0v) is 6.77. The lowest BCUT2D eigenvalue weighted by Gasteiger charge is -1.98. The van der Waals surface area contributed by atoms with Gasteiger partial charge in [-0.2, -0.15) is 0 Å². The molecule has 0 bridgehead atoms. The van der Waals surface area contributed by atoms with Crippen LogP contribution in [0, 0.1) is 6.85 Å². The first-order valence-corrected chi connectivity index (χ1v) is 3.36. The number of carbonyl (C=O) groups is 1. The van der Waals surface area contributed by atoms with Gasteiger partial charge in [-0.05, 0) is 34.4 Å². The van der Waals surface area contributed by atoms with Gasteiger partial charge in [-0.3, -0.25) is 0 Å². The average molecular weight is 221 g/mol. The number of aromatic nitrogens is 1. The minimum atomic E-state index is -2.76. The number of carboxylic acid groups (broad SMARTS) is 1. The molecule has 1 N–H and O–H groups in total. The summed E-state index contributed by atoms with van der Waals surface area (Å²) in [4.78, 5) is 14.1. The number of rotatable bonds is 1. The van der Waals surface area contributed by atoms with Gasteiger partial charge in [0, 0.05) is 14.8 Å². The van der Waals surface area contributed by atoms with Crippen molar-refractivity contribution in [2.75, 3.05) is 0 Å². The van der Waals surface area contributed by atoms with Crippen molar-refractivity contribution in [1.29, 1.82) is 0 Å². The van der Waals surface area contributed by atoms with Crippen molar-refractivity contribution >= 4 is 21.9 Å². The molecular formula is C7H6BrNO2. The van der Waals surface area contributed by atoms with Gasteiger partial charge < -0.3 is 5.11 Å². The van der Waals surface area contributed by atoms with Gasteiger partial charge in [0.15, 0.2) is 5.69 Å². The highest BCUT2D eigenvalue weighted by Gasteiger charge is 2.07. The van der Waals surface area contributed by atoms with Crippen molar-refractivity contribution < 1.29 is 16.8 Å². The molecule has 1 aromatic heterocycles. The van der Waals surface area contributed by atoms with E-state index in [1.165, 1.54) is 0 Å². The van der Waals surface area contributed by atoms with E-state index in [-0.39, 0.29) is 4.47 Å². The van der Waals surface area contributed by atoms with Crippen LogP contribution in [0.3, 0.4) is 0 Å². The molecule has 0 fully saturated rings. The largest absolute Gasteiger partial charge is 0.477 e. The minimum absolute atomic E-state index is 0.136. The predicted octanol–water partition coefficient (Wildman–Crippen LogP) is 1.85. The molecule has 1 heterocycles. The Morgan fingerprint density at radius 1 is 2.00 bits per heavy atom. The van der Waals surface area contributed by atoms with Crippen LogP contribution in [0.25, 0.3) is 0 Å². The lowest BCUT2D eigenvalue weighted by molar-refractivity contribution is 0.0689. The number of hydrogen-bond donors (Lipinski definition) is 1. The second-order valence-corrected chi connectivity index (χ2v) is 2.48. The van der Waals surface area contributed by atoms with E-state index in [1.807, 2.05) is 0 Å². The molecule has 1 rings (SSSR count). The maximum atomic E-state index is 10.8. The zero-order chi connectivity index (χ0) is 12.7. The first kappa shape index (κ1) is 3.67. The maximum absolute atomic E-state index is 10.8. The Bertz CT molecular complexity index is 459. The van der Waals surface area contributed by atoms with Crippen LogP contribution in [0.1, 0.15) is 22.9 Å². The zero-order valence-electron chi connectivity index (χ0n) is 10.2. The quantitative estimate of drug-likeness (QED) is 0.787. The van der Waals surface area contributed by atoms with Gasteiger partial charge in [0.25, 0.3) is 0 Å².